The number of rotatable bonds is 2. The Labute approximate surface area is 96.3 Å². The molecule has 0 fully saturated rings. The zero-order valence-corrected chi connectivity index (χ0v) is 10.3. The fourth-order valence-electron chi connectivity index (χ4n) is 2.29. The van der Waals surface area contributed by atoms with Gasteiger partial charge in [0.15, 0.2) is 0 Å². The van der Waals surface area contributed by atoms with Crippen molar-refractivity contribution in [1.29, 1.82) is 0 Å². The highest BCUT2D eigenvalue weighted by Crippen LogP contribution is 2.41. The summed E-state index contributed by atoms with van der Waals surface area (Å²) in [4.78, 5) is 0. The van der Waals surface area contributed by atoms with E-state index in [1.54, 1.807) is 14.2 Å². The molecular formula is C13H18O3. The van der Waals surface area contributed by atoms with Gasteiger partial charge >= 0.3 is 0 Å². The van der Waals surface area contributed by atoms with Crippen molar-refractivity contribution in [1.82, 2.24) is 0 Å². The van der Waals surface area contributed by atoms with Crippen LogP contribution in [0.25, 0.3) is 0 Å². The van der Waals surface area contributed by atoms with E-state index in [-0.39, 0.29) is 5.60 Å². The maximum absolute atomic E-state index is 5.79. The normalized spacial score (nSPS) is 17.8. The molecule has 0 unspecified atom stereocenters. The molecule has 88 valence electrons. The summed E-state index contributed by atoms with van der Waals surface area (Å²) in [5, 5.41) is 0. The molecule has 2 rings (SSSR count). The first-order chi connectivity index (χ1) is 7.58. The van der Waals surface area contributed by atoms with E-state index in [4.69, 9.17) is 14.2 Å². The van der Waals surface area contributed by atoms with Crippen LogP contribution in [-0.4, -0.2) is 20.8 Å². The molecule has 0 bridgehead atoms. The van der Waals surface area contributed by atoms with Gasteiger partial charge in [0.05, 0.1) is 26.4 Å². The van der Waals surface area contributed by atoms with Gasteiger partial charge in [-0.05, 0) is 31.9 Å². The van der Waals surface area contributed by atoms with E-state index >= 15 is 0 Å². The second kappa shape index (κ2) is 3.98. The molecule has 0 saturated carbocycles. The summed E-state index contributed by atoms with van der Waals surface area (Å²) in [5.41, 5.74) is 2.11. The summed E-state index contributed by atoms with van der Waals surface area (Å²) in [6.45, 7) is 4.89. The number of fused-ring (bicyclic) bond motifs is 1. The highest BCUT2D eigenvalue weighted by Gasteiger charge is 2.32. The molecule has 3 nitrogen and oxygen atoms in total. The lowest BCUT2D eigenvalue weighted by Gasteiger charge is -2.34. The highest BCUT2D eigenvalue weighted by molar-refractivity contribution is 5.50. The van der Waals surface area contributed by atoms with Crippen LogP contribution in [0.1, 0.15) is 25.0 Å². The van der Waals surface area contributed by atoms with Crippen molar-refractivity contribution < 1.29 is 14.2 Å². The monoisotopic (exact) mass is 222 g/mol. The molecule has 0 aromatic heterocycles. The molecule has 1 aliphatic rings. The van der Waals surface area contributed by atoms with E-state index in [1.165, 1.54) is 5.56 Å². The Kier molecular flexibility index (Phi) is 2.80. The Morgan fingerprint density at radius 1 is 1.19 bits per heavy atom. The number of hydrogen-bond donors (Lipinski definition) is 0. The molecule has 16 heavy (non-hydrogen) atoms. The lowest BCUT2D eigenvalue weighted by Crippen LogP contribution is -2.30. The van der Waals surface area contributed by atoms with Crippen molar-refractivity contribution in [2.45, 2.75) is 25.9 Å². The zero-order valence-electron chi connectivity index (χ0n) is 10.3. The van der Waals surface area contributed by atoms with Crippen LogP contribution in [0.4, 0.5) is 0 Å². The second-order valence-electron chi connectivity index (χ2n) is 4.47. The Bertz CT molecular complexity index is 379. The first-order valence-electron chi connectivity index (χ1n) is 5.48. The van der Waals surface area contributed by atoms with Gasteiger partial charge in [-0.3, -0.25) is 0 Å². The van der Waals surface area contributed by atoms with Crippen LogP contribution in [-0.2, 0) is 16.8 Å². The van der Waals surface area contributed by atoms with Crippen molar-refractivity contribution in [2.75, 3.05) is 20.8 Å². The molecule has 1 aliphatic heterocycles. The molecular weight excluding hydrogens is 204 g/mol. The first-order valence-corrected chi connectivity index (χ1v) is 5.48. The first kappa shape index (κ1) is 11.3. The van der Waals surface area contributed by atoms with E-state index in [1.807, 2.05) is 6.07 Å². The minimum atomic E-state index is -0.287. The van der Waals surface area contributed by atoms with Crippen LogP contribution >= 0.6 is 0 Å². The molecule has 0 aliphatic carbocycles. The molecule has 0 spiro atoms. The van der Waals surface area contributed by atoms with Gasteiger partial charge in [0, 0.05) is 11.6 Å². The summed E-state index contributed by atoms with van der Waals surface area (Å²) in [6.07, 6.45) is 0.909. The number of ether oxygens (including phenoxy) is 3. The Morgan fingerprint density at radius 2 is 1.94 bits per heavy atom. The third kappa shape index (κ3) is 1.76. The standard InChI is InChI=1S/C13H18O3/c1-13(2)12-9(5-6-16-13)7-10(14-3)8-11(12)15-4/h7-8H,5-6H2,1-4H3. The van der Waals surface area contributed by atoms with Crippen molar-refractivity contribution >= 4 is 0 Å². The number of hydrogen-bond acceptors (Lipinski definition) is 3. The van der Waals surface area contributed by atoms with Crippen molar-refractivity contribution in [3.63, 3.8) is 0 Å². The summed E-state index contributed by atoms with van der Waals surface area (Å²) in [7, 11) is 3.35. The number of benzene rings is 1. The fraction of sp³-hybridized carbons (Fsp3) is 0.538. The fourth-order valence-corrected chi connectivity index (χ4v) is 2.29. The summed E-state index contributed by atoms with van der Waals surface area (Å²) in [5.74, 6) is 1.69. The van der Waals surface area contributed by atoms with Gasteiger partial charge in [0.2, 0.25) is 0 Å². The zero-order chi connectivity index (χ0) is 11.8. The van der Waals surface area contributed by atoms with Crippen LogP contribution in [0.3, 0.4) is 0 Å². The predicted octanol–water partition coefficient (Wildman–Crippen LogP) is 2.51. The molecule has 1 aromatic carbocycles. The molecule has 0 amide bonds. The lowest BCUT2D eigenvalue weighted by molar-refractivity contribution is -0.0331. The maximum Gasteiger partial charge on any atom is 0.128 e. The topological polar surface area (TPSA) is 27.7 Å². The van der Waals surface area contributed by atoms with Gasteiger partial charge < -0.3 is 14.2 Å². The molecule has 0 saturated heterocycles. The Morgan fingerprint density at radius 3 is 2.56 bits per heavy atom. The van der Waals surface area contributed by atoms with Crippen molar-refractivity contribution in [3.8, 4) is 11.5 Å². The van der Waals surface area contributed by atoms with E-state index in [9.17, 15) is 0 Å². The second-order valence-corrected chi connectivity index (χ2v) is 4.47. The summed E-state index contributed by atoms with van der Waals surface area (Å²) >= 11 is 0. The van der Waals surface area contributed by atoms with Crippen LogP contribution < -0.4 is 9.47 Å². The van der Waals surface area contributed by atoms with Gasteiger partial charge in [0.25, 0.3) is 0 Å². The van der Waals surface area contributed by atoms with Gasteiger partial charge in [0.1, 0.15) is 11.5 Å². The number of methoxy groups -OCH3 is 2. The SMILES string of the molecule is COc1cc2c(c(OC)c1)C(C)(C)OCC2. The minimum Gasteiger partial charge on any atom is -0.497 e. The predicted molar refractivity (Wildman–Crippen MR) is 62.2 cm³/mol. The van der Waals surface area contributed by atoms with Crippen molar-refractivity contribution in [3.05, 3.63) is 23.3 Å². The van der Waals surface area contributed by atoms with E-state index < -0.39 is 0 Å². The molecule has 1 aromatic rings. The quantitative estimate of drug-likeness (QED) is 0.769. The van der Waals surface area contributed by atoms with Crippen LogP contribution in [0.2, 0.25) is 0 Å². The van der Waals surface area contributed by atoms with E-state index in [0.29, 0.717) is 0 Å². The van der Waals surface area contributed by atoms with Crippen LogP contribution in [0.5, 0.6) is 11.5 Å². The summed E-state index contributed by atoms with van der Waals surface area (Å²) in [6, 6.07) is 3.98. The van der Waals surface area contributed by atoms with Crippen LogP contribution in [0.15, 0.2) is 12.1 Å². The van der Waals surface area contributed by atoms with Gasteiger partial charge in [-0.25, -0.2) is 0 Å². The molecule has 0 radical (unpaired) electrons. The van der Waals surface area contributed by atoms with Gasteiger partial charge in [-0.1, -0.05) is 0 Å². The average Bonchev–Trinajstić information content (AvgIpc) is 2.26. The van der Waals surface area contributed by atoms with E-state index in [0.717, 1.165) is 30.1 Å². The lowest BCUT2D eigenvalue weighted by atomic mass is 9.88. The van der Waals surface area contributed by atoms with Gasteiger partial charge in [-0.15, -0.1) is 0 Å². The largest absolute Gasteiger partial charge is 0.497 e. The van der Waals surface area contributed by atoms with Crippen LogP contribution in [0, 0.1) is 0 Å². The third-order valence-corrected chi connectivity index (χ3v) is 3.05. The summed E-state index contributed by atoms with van der Waals surface area (Å²) < 4.78 is 16.5. The molecule has 3 heteroatoms. The third-order valence-electron chi connectivity index (χ3n) is 3.05. The molecule has 0 atom stereocenters. The van der Waals surface area contributed by atoms with Crippen molar-refractivity contribution in [2.24, 2.45) is 0 Å². The van der Waals surface area contributed by atoms with Gasteiger partial charge in [-0.2, -0.15) is 0 Å². The molecule has 1 heterocycles. The Balaban J connectivity index is 2.60. The minimum absolute atomic E-state index is 0.287. The van der Waals surface area contributed by atoms with E-state index in [2.05, 4.69) is 19.9 Å². The Hall–Kier alpha value is -1.22. The molecule has 0 N–H and O–H groups in total. The maximum atomic E-state index is 5.79. The highest BCUT2D eigenvalue weighted by atomic mass is 16.5. The smallest absolute Gasteiger partial charge is 0.128 e. The average molecular weight is 222 g/mol.